The molecule has 2 aromatic carbocycles. The Balaban J connectivity index is 2.60. The lowest BCUT2D eigenvalue weighted by Gasteiger charge is -2.16. The van der Waals surface area contributed by atoms with Gasteiger partial charge in [0.2, 0.25) is 5.78 Å². The van der Waals surface area contributed by atoms with Crippen molar-refractivity contribution >= 4 is 23.4 Å². The number of carbonyl (C=O) groups excluding carboxylic acids is 2. The number of hydrogen-bond acceptors (Lipinski definition) is 6. The summed E-state index contributed by atoms with van der Waals surface area (Å²) in [6.45, 7) is 1.77. The highest BCUT2D eigenvalue weighted by Gasteiger charge is 2.26. The van der Waals surface area contributed by atoms with Crippen molar-refractivity contribution in [2.75, 3.05) is 34.9 Å². The van der Waals surface area contributed by atoms with E-state index in [-0.39, 0.29) is 34.9 Å². The molecule has 2 aromatic rings. The summed E-state index contributed by atoms with van der Waals surface area (Å²) in [4.78, 5) is 27.3. The molecule has 0 heterocycles. The summed E-state index contributed by atoms with van der Waals surface area (Å²) < 4.78 is 30.3. The van der Waals surface area contributed by atoms with Crippen molar-refractivity contribution in [1.29, 1.82) is 0 Å². The van der Waals surface area contributed by atoms with Crippen molar-refractivity contribution in [1.82, 2.24) is 4.90 Å². The first-order valence-corrected chi connectivity index (χ1v) is 9.89. The predicted molar refractivity (Wildman–Crippen MR) is 116 cm³/mol. The fraction of sp³-hybridized carbons (Fsp3) is 0.304. The lowest BCUT2D eigenvalue weighted by molar-refractivity contribution is -0.138. The van der Waals surface area contributed by atoms with Crippen molar-refractivity contribution in [3.05, 3.63) is 69.6 Å². The molecule has 0 saturated heterocycles. The fourth-order valence-corrected chi connectivity index (χ4v) is 3.18. The summed E-state index contributed by atoms with van der Waals surface area (Å²) >= 11 is 5.89. The van der Waals surface area contributed by atoms with Crippen LogP contribution in [0.4, 0.5) is 4.39 Å². The van der Waals surface area contributed by atoms with Crippen LogP contribution < -0.4 is 9.47 Å². The quantitative estimate of drug-likeness (QED) is 0.187. The standard InChI is InChI=1S/C23H25ClFNO5/c1-6-31-23(28)17(13-26(2)3)22(27)16-11-15(19(29-4)12-20(16)30-5)10-14-8-7-9-18(24)21(14)25/h7-9,11-13H,6,10H2,1-5H3. The van der Waals surface area contributed by atoms with Crippen LogP contribution in [0.5, 0.6) is 11.5 Å². The Labute approximate surface area is 186 Å². The van der Waals surface area contributed by atoms with Gasteiger partial charge in [0.15, 0.2) is 0 Å². The average Bonchev–Trinajstić information content (AvgIpc) is 2.74. The van der Waals surface area contributed by atoms with E-state index in [2.05, 4.69) is 0 Å². The highest BCUT2D eigenvalue weighted by molar-refractivity contribution is 6.30. The van der Waals surface area contributed by atoms with Crippen molar-refractivity contribution in [2.24, 2.45) is 0 Å². The Kier molecular flexibility index (Phi) is 8.45. The molecule has 166 valence electrons. The first-order valence-electron chi connectivity index (χ1n) is 9.51. The SMILES string of the molecule is CCOC(=O)C(=CN(C)C)C(=O)c1cc(Cc2cccc(Cl)c2F)c(OC)cc1OC. The monoisotopic (exact) mass is 449 g/mol. The van der Waals surface area contributed by atoms with E-state index < -0.39 is 17.6 Å². The van der Waals surface area contributed by atoms with Crippen molar-refractivity contribution in [2.45, 2.75) is 13.3 Å². The van der Waals surface area contributed by atoms with Crippen LogP contribution in [0.25, 0.3) is 0 Å². The van der Waals surface area contributed by atoms with Gasteiger partial charge in [-0.25, -0.2) is 9.18 Å². The zero-order valence-corrected chi connectivity index (χ0v) is 18.9. The van der Waals surface area contributed by atoms with E-state index in [1.54, 1.807) is 38.1 Å². The smallest absolute Gasteiger partial charge is 0.343 e. The number of nitrogens with zero attached hydrogens (tertiary/aromatic N) is 1. The van der Waals surface area contributed by atoms with Crippen LogP contribution in [-0.2, 0) is 16.0 Å². The lowest BCUT2D eigenvalue weighted by atomic mass is 9.96. The molecule has 0 amide bonds. The molecule has 0 aromatic heterocycles. The minimum absolute atomic E-state index is 0.000193. The van der Waals surface area contributed by atoms with E-state index >= 15 is 0 Å². The second-order valence-corrected chi connectivity index (χ2v) is 7.22. The predicted octanol–water partition coefficient (Wildman–Crippen LogP) is 4.28. The number of ketones is 1. The molecule has 0 spiro atoms. The summed E-state index contributed by atoms with van der Waals surface area (Å²) in [6.07, 6.45) is 1.51. The van der Waals surface area contributed by atoms with E-state index in [1.807, 2.05) is 0 Å². The highest BCUT2D eigenvalue weighted by Crippen LogP contribution is 2.33. The normalized spacial score (nSPS) is 11.1. The van der Waals surface area contributed by atoms with Gasteiger partial charge in [-0.2, -0.15) is 0 Å². The van der Waals surface area contributed by atoms with Crippen molar-refractivity contribution < 1.29 is 28.2 Å². The zero-order chi connectivity index (χ0) is 23.1. The molecule has 0 saturated carbocycles. The van der Waals surface area contributed by atoms with Crippen LogP contribution in [-0.4, -0.2) is 51.6 Å². The summed E-state index contributed by atoms with van der Waals surface area (Å²) in [6, 6.07) is 7.76. The van der Waals surface area contributed by atoms with E-state index in [0.717, 1.165) is 0 Å². The molecule has 0 unspecified atom stereocenters. The molecule has 0 N–H and O–H groups in total. The molecule has 0 aliphatic rings. The fourth-order valence-electron chi connectivity index (χ4n) is 2.99. The van der Waals surface area contributed by atoms with E-state index in [4.69, 9.17) is 25.8 Å². The average molecular weight is 450 g/mol. The summed E-state index contributed by atoms with van der Waals surface area (Å²) in [5.74, 6) is -1.26. The Hall–Kier alpha value is -3.06. The Bertz CT molecular complexity index is 1000. The van der Waals surface area contributed by atoms with Gasteiger partial charge >= 0.3 is 5.97 Å². The Morgan fingerprint density at radius 1 is 1.10 bits per heavy atom. The van der Waals surface area contributed by atoms with Gasteiger partial charge in [0.05, 0.1) is 31.4 Å². The number of hydrogen-bond donors (Lipinski definition) is 0. The minimum Gasteiger partial charge on any atom is -0.496 e. The van der Waals surface area contributed by atoms with Gasteiger partial charge in [0.1, 0.15) is 22.9 Å². The van der Waals surface area contributed by atoms with Gasteiger partial charge in [0, 0.05) is 32.8 Å². The third kappa shape index (κ3) is 5.76. The third-order valence-electron chi connectivity index (χ3n) is 4.39. The van der Waals surface area contributed by atoms with E-state index in [0.29, 0.717) is 16.9 Å². The maximum absolute atomic E-state index is 14.4. The van der Waals surface area contributed by atoms with Gasteiger partial charge in [-0.05, 0) is 30.2 Å². The molecule has 0 aliphatic carbocycles. The van der Waals surface area contributed by atoms with Gasteiger partial charge in [-0.1, -0.05) is 23.7 Å². The molecule has 0 atom stereocenters. The molecule has 0 bridgehead atoms. The second kappa shape index (κ2) is 10.8. The minimum atomic E-state index is -0.749. The summed E-state index contributed by atoms with van der Waals surface area (Å²) in [7, 11) is 6.24. The zero-order valence-electron chi connectivity index (χ0n) is 18.1. The second-order valence-electron chi connectivity index (χ2n) is 6.81. The Morgan fingerprint density at radius 3 is 2.35 bits per heavy atom. The number of methoxy groups -OCH3 is 2. The number of Topliss-reactive ketones (excluding diaryl/α,β-unsaturated/α-hetero) is 1. The van der Waals surface area contributed by atoms with Crippen LogP contribution in [0.15, 0.2) is 42.1 Å². The van der Waals surface area contributed by atoms with Gasteiger partial charge in [0.25, 0.3) is 0 Å². The number of benzene rings is 2. The van der Waals surface area contributed by atoms with E-state index in [1.165, 1.54) is 38.6 Å². The lowest BCUT2D eigenvalue weighted by Crippen LogP contribution is -2.20. The van der Waals surface area contributed by atoms with Crippen LogP contribution in [0.1, 0.15) is 28.4 Å². The highest BCUT2D eigenvalue weighted by atomic mass is 35.5. The summed E-state index contributed by atoms with van der Waals surface area (Å²) in [5.41, 5.74) is 0.835. The third-order valence-corrected chi connectivity index (χ3v) is 4.68. The maximum Gasteiger partial charge on any atom is 0.343 e. The number of carbonyl (C=O) groups is 2. The molecule has 6 nitrogen and oxygen atoms in total. The Morgan fingerprint density at radius 2 is 1.77 bits per heavy atom. The number of ether oxygens (including phenoxy) is 3. The van der Waals surface area contributed by atoms with E-state index in [9.17, 15) is 14.0 Å². The largest absolute Gasteiger partial charge is 0.496 e. The molecule has 0 radical (unpaired) electrons. The van der Waals surface area contributed by atoms with Crippen LogP contribution in [0, 0.1) is 5.82 Å². The number of rotatable bonds is 9. The topological polar surface area (TPSA) is 65.1 Å². The first kappa shape index (κ1) is 24.2. The summed E-state index contributed by atoms with van der Waals surface area (Å²) in [5, 5.41) is -0.000193. The number of esters is 1. The molecular weight excluding hydrogens is 425 g/mol. The van der Waals surface area contributed by atoms with Crippen molar-refractivity contribution in [3.63, 3.8) is 0 Å². The van der Waals surface area contributed by atoms with Crippen LogP contribution in [0.2, 0.25) is 5.02 Å². The van der Waals surface area contributed by atoms with Gasteiger partial charge in [-0.15, -0.1) is 0 Å². The maximum atomic E-state index is 14.4. The molecular formula is C23H25ClFNO5. The number of halogens is 2. The van der Waals surface area contributed by atoms with Crippen LogP contribution >= 0.6 is 11.6 Å². The van der Waals surface area contributed by atoms with Gasteiger partial charge < -0.3 is 19.1 Å². The molecule has 0 fully saturated rings. The molecule has 8 heteroatoms. The van der Waals surface area contributed by atoms with Crippen molar-refractivity contribution in [3.8, 4) is 11.5 Å². The van der Waals surface area contributed by atoms with Gasteiger partial charge in [-0.3, -0.25) is 4.79 Å². The van der Waals surface area contributed by atoms with Crippen LogP contribution in [0.3, 0.4) is 0 Å². The molecule has 0 aliphatic heterocycles. The molecule has 31 heavy (non-hydrogen) atoms. The molecule has 2 rings (SSSR count). The first-order chi connectivity index (χ1) is 14.7.